The summed E-state index contributed by atoms with van der Waals surface area (Å²) in [5.41, 5.74) is 0. The third-order valence-corrected chi connectivity index (χ3v) is 6.16. The van der Waals surface area contributed by atoms with Crippen LogP contribution in [0.5, 0.6) is 0 Å². The molecule has 0 spiro atoms. The predicted molar refractivity (Wildman–Crippen MR) is 76.7 cm³/mol. The normalized spacial score (nSPS) is 24.1. The maximum atomic E-state index is 11.5. The van der Waals surface area contributed by atoms with Gasteiger partial charge in [-0.25, -0.2) is 8.42 Å². The van der Waals surface area contributed by atoms with E-state index in [0.717, 1.165) is 12.8 Å². The van der Waals surface area contributed by atoms with Crippen LogP contribution < -0.4 is 5.32 Å². The van der Waals surface area contributed by atoms with Gasteiger partial charge in [0.05, 0.1) is 17.3 Å². The second-order valence-corrected chi connectivity index (χ2v) is 8.72. The van der Waals surface area contributed by atoms with Crippen LogP contribution in [0.2, 0.25) is 0 Å². The van der Waals surface area contributed by atoms with Crippen molar-refractivity contribution in [3.05, 3.63) is 5.89 Å². The van der Waals surface area contributed by atoms with Crippen molar-refractivity contribution in [2.24, 2.45) is 5.92 Å². The van der Waals surface area contributed by atoms with E-state index in [1.165, 1.54) is 11.8 Å². The van der Waals surface area contributed by atoms with Crippen molar-refractivity contribution in [1.82, 2.24) is 15.5 Å². The Morgan fingerprint density at radius 1 is 1.33 bits per heavy atom. The zero-order chi connectivity index (χ0) is 14.9. The van der Waals surface area contributed by atoms with Crippen molar-refractivity contribution in [1.29, 1.82) is 0 Å². The highest BCUT2D eigenvalue weighted by Crippen LogP contribution is 2.24. The predicted octanol–water partition coefficient (Wildman–Crippen LogP) is 0.417. The second kappa shape index (κ2) is 5.96. The average molecular weight is 331 g/mol. The lowest BCUT2D eigenvalue weighted by Gasteiger charge is -2.02. The molecular formula is C12H17N3O4S2. The molecule has 9 heteroatoms. The number of sulfone groups is 1. The Labute approximate surface area is 127 Å². The summed E-state index contributed by atoms with van der Waals surface area (Å²) in [5, 5.41) is 11.0. The number of carbonyl (C=O) groups is 1. The Hall–Kier alpha value is -1.09. The van der Waals surface area contributed by atoms with Crippen molar-refractivity contribution < 1.29 is 17.6 Å². The summed E-state index contributed by atoms with van der Waals surface area (Å²) in [7, 11) is -2.88. The second-order valence-electron chi connectivity index (χ2n) is 5.57. The average Bonchev–Trinajstić information content (AvgIpc) is 3.00. The first-order chi connectivity index (χ1) is 10.00. The number of hydrogen-bond donors (Lipinski definition) is 1. The van der Waals surface area contributed by atoms with Crippen LogP contribution in [0, 0.1) is 5.92 Å². The van der Waals surface area contributed by atoms with Gasteiger partial charge in [-0.05, 0) is 25.2 Å². The SMILES string of the molecule is O=C(CSc1nnc(C[C@@H]2CCS(=O)(=O)C2)o1)NC1CC1. The first kappa shape index (κ1) is 14.8. The number of hydrogen-bond acceptors (Lipinski definition) is 7. The molecule has 1 aromatic rings. The fourth-order valence-corrected chi connectivity index (χ4v) is 4.74. The third-order valence-electron chi connectivity index (χ3n) is 3.51. The number of nitrogens with zero attached hydrogens (tertiary/aromatic N) is 2. The van der Waals surface area contributed by atoms with Gasteiger partial charge in [0.25, 0.3) is 5.22 Å². The number of nitrogens with one attached hydrogen (secondary N) is 1. The number of amides is 1. The molecule has 1 aliphatic carbocycles. The topological polar surface area (TPSA) is 102 Å². The molecule has 0 bridgehead atoms. The summed E-state index contributed by atoms with van der Waals surface area (Å²) in [6, 6.07) is 0.348. The van der Waals surface area contributed by atoms with Gasteiger partial charge >= 0.3 is 0 Å². The Morgan fingerprint density at radius 2 is 2.14 bits per heavy atom. The van der Waals surface area contributed by atoms with Crippen molar-refractivity contribution in [3.63, 3.8) is 0 Å². The molecule has 21 heavy (non-hydrogen) atoms. The van der Waals surface area contributed by atoms with Gasteiger partial charge in [0.1, 0.15) is 0 Å². The van der Waals surface area contributed by atoms with E-state index in [1.54, 1.807) is 0 Å². The van der Waals surface area contributed by atoms with E-state index in [9.17, 15) is 13.2 Å². The Kier molecular flexibility index (Phi) is 4.21. The van der Waals surface area contributed by atoms with Gasteiger partial charge in [0.2, 0.25) is 11.8 Å². The fraction of sp³-hybridized carbons (Fsp3) is 0.750. The first-order valence-corrected chi connectivity index (χ1v) is 9.76. The molecule has 1 aliphatic heterocycles. The lowest BCUT2D eigenvalue weighted by molar-refractivity contribution is -0.118. The minimum atomic E-state index is -2.88. The van der Waals surface area contributed by atoms with Gasteiger partial charge in [0, 0.05) is 12.5 Å². The first-order valence-electron chi connectivity index (χ1n) is 6.95. The molecule has 0 radical (unpaired) electrons. The monoisotopic (exact) mass is 331 g/mol. The third kappa shape index (κ3) is 4.44. The largest absolute Gasteiger partial charge is 0.416 e. The fourth-order valence-electron chi connectivity index (χ4n) is 2.28. The van der Waals surface area contributed by atoms with Gasteiger partial charge in [-0.2, -0.15) is 0 Å². The molecule has 7 nitrogen and oxygen atoms in total. The van der Waals surface area contributed by atoms with Gasteiger partial charge in [-0.1, -0.05) is 11.8 Å². The van der Waals surface area contributed by atoms with Crippen LogP contribution in [0.1, 0.15) is 25.2 Å². The van der Waals surface area contributed by atoms with E-state index < -0.39 is 9.84 Å². The van der Waals surface area contributed by atoms with Crippen LogP contribution in [0.25, 0.3) is 0 Å². The molecule has 2 aliphatic rings. The van der Waals surface area contributed by atoms with Crippen molar-refractivity contribution in [2.45, 2.75) is 36.9 Å². The number of rotatable bonds is 6. The molecule has 1 saturated heterocycles. The zero-order valence-electron chi connectivity index (χ0n) is 11.4. The van der Waals surface area contributed by atoms with Crippen molar-refractivity contribution in [3.8, 4) is 0 Å². The van der Waals surface area contributed by atoms with Gasteiger partial charge in [-0.3, -0.25) is 4.79 Å². The molecule has 3 rings (SSSR count). The van der Waals surface area contributed by atoms with Crippen LogP contribution in [0.15, 0.2) is 9.64 Å². The van der Waals surface area contributed by atoms with Crippen LogP contribution >= 0.6 is 11.8 Å². The summed E-state index contributed by atoms with van der Waals surface area (Å²) in [6.07, 6.45) is 3.26. The summed E-state index contributed by atoms with van der Waals surface area (Å²) < 4.78 is 28.2. The molecule has 116 valence electrons. The minimum absolute atomic E-state index is 0.0239. The molecule has 0 aromatic carbocycles. The lowest BCUT2D eigenvalue weighted by Crippen LogP contribution is -2.26. The van der Waals surface area contributed by atoms with E-state index >= 15 is 0 Å². The molecule has 1 atom stereocenters. The van der Waals surface area contributed by atoms with Crippen molar-refractivity contribution in [2.75, 3.05) is 17.3 Å². The van der Waals surface area contributed by atoms with Crippen LogP contribution in [-0.4, -0.2) is 47.8 Å². The summed E-state index contributed by atoms with van der Waals surface area (Å²) in [6.45, 7) is 0. The highest BCUT2D eigenvalue weighted by atomic mass is 32.2. The van der Waals surface area contributed by atoms with E-state index in [0.29, 0.717) is 30.0 Å². The molecular weight excluding hydrogens is 314 g/mol. The number of carbonyl (C=O) groups excluding carboxylic acids is 1. The molecule has 1 N–H and O–H groups in total. The van der Waals surface area contributed by atoms with E-state index in [4.69, 9.17) is 4.42 Å². The van der Waals surface area contributed by atoms with Gasteiger partial charge in [-0.15, -0.1) is 10.2 Å². The maximum Gasteiger partial charge on any atom is 0.277 e. The summed E-state index contributed by atoms with van der Waals surface area (Å²) in [5.74, 6) is 1.18. The van der Waals surface area contributed by atoms with Gasteiger partial charge in [0.15, 0.2) is 9.84 Å². The Bertz CT molecular complexity index is 624. The summed E-state index contributed by atoms with van der Waals surface area (Å²) in [4.78, 5) is 11.5. The Balaban J connectivity index is 1.46. The number of aromatic nitrogens is 2. The molecule has 0 unspecified atom stereocenters. The minimum Gasteiger partial charge on any atom is -0.416 e. The van der Waals surface area contributed by atoms with Crippen LogP contribution in [-0.2, 0) is 21.1 Å². The quantitative estimate of drug-likeness (QED) is 0.754. The van der Waals surface area contributed by atoms with E-state index in [1.807, 2.05) is 0 Å². The van der Waals surface area contributed by atoms with Crippen LogP contribution in [0.3, 0.4) is 0 Å². The highest BCUT2D eigenvalue weighted by Gasteiger charge is 2.29. The maximum absolute atomic E-state index is 11.5. The Morgan fingerprint density at radius 3 is 2.81 bits per heavy atom. The van der Waals surface area contributed by atoms with Crippen LogP contribution in [0.4, 0.5) is 0 Å². The highest BCUT2D eigenvalue weighted by molar-refractivity contribution is 7.99. The summed E-state index contributed by atoms with van der Waals surface area (Å²) >= 11 is 1.21. The lowest BCUT2D eigenvalue weighted by atomic mass is 10.1. The standard InChI is InChI=1S/C12H17N3O4S2/c16-10(13-9-1-2-9)6-20-12-15-14-11(19-12)5-8-3-4-21(17,18)7-8/h8-9H,1-7H2,(H,13,16)/t8-/m0/s1. The smallest absolute Gasteiger partial charge is 0.277 e. The van der Waals surface area contributed by atoms with E-state index in [2.05, 4.69) is 15.5 Å². The molecule has 2 fully saturated rings. The molecule has 1 saturated carbocycles. The zero-order valence-corrected chi connectivity index (χ0v) is 13.1. The number of thioether (sulfide) groups is 1. The molecule has 1 amide bonds. The molecule has 1 aromatic heterocycles. The van der Waals surface area contributed by atoms with Gasteiger partial charge < -0.3 is 9.73 Å². The van der Waals surface area contributed by atoms with E-state index in [-0.39, 0.29) is 29.1 Å². The molecule has 2 heterocycles. The van der Waals surface area contributed by atoms with Crippen molar-refractivity contribution >= 4 is 27.5 Å².